The Labute approximate surface area is 247 Å². The van der Waals surface area contributed by atoms with Crippen molar-refractivity contribution in [1.29, 1.82) is 0 Å². The summed E-state index contributed by atoms with van der Waals surface area (Å²) in [6.07, 6.45) is 0. The highest BCUT2D eigenvalue weighted by Crippen LogP contribution is 2.54. The van der Waals surface area contributed by atoms with Gasteiger partial charge in [-0.3, -0.25) is 19.2 Å². The van der Waals surface area contributed by atoms with Crippen molar-refractivity contribution in [2.75, 3.05) is 23.9 Å². The summed E-state index contributed by atoms with van der Waals surface area (Å²) in [6.45, 7) is -0.295. The second kappa shape index (κ2) is 11.1. The van der Waals surface area contributed by atoms with Gasteiger partial charge in [0.2, 0.25) is 11.8 Å². The maximum absolute atomic E-state index is 14.0. The summed E-state index contributed by atoms with van der Waals surface area (Å²) in [5.41, 5.74) is 1.62. The van der Waals surface area contributed by atoms with Crippen LogP contribution in [0.5, 0.6) is 11.5 Å². The molecule has 3 aromatic carbocycles. The fourth-order valence-electron chi connectivity index (χ4n) is 5.08. The van der Waals surface area contributed by atoms with E-state index in [1.807, 2.05) is 0 Å². The van der Waals surface area contributed by atoms with Gasteiger partial charge in [-0.05, 0) is 54.6 Å². The molecule has 0 saturated carbocycles. The second-order valence-electron chi connectivity index (χ2n) is 9.34. The lowest BCUT2D eigenvalue weighted by Crippen LogP contribution is -2.32. The number of thioether (sulfide) groups is 1. The first-order valence-electron chi connectivity index (χ1n) is 12.5. The molecule has 3 amide bonds. The number of nitrogens with zero attached hydrogens (tertiary/aromatic N) is 1. The van der Waals surface area contributed by atoms with Gasteiger partial charge in [0.05, 0.1) is 23.7 Å². The number of para-hydroxylation sites is 1. The molecule has 208 valence electrons. The van der Waals surface area contributed by atoms with Gasteiger partial charge in [-0.15, -0.1) is 0 Å². The SMILES string of the molecule is COc1ccc(N2C(=O)C3Sc4[nH]c(=O)sc4[C@H](c4ccccc4OCC(=O)Nc4ccc(Cl)cc4)C3C2=O)cc1. The molecule has 12 heteroatoms. The van der Waals surface area contributed by atoms with Gasteiger partial charge >= 0.3 is 4.87 Å². The average Bonchev–Trinajstić information content (AvgIpc) is 3.47. The highest BCUT2D eigenvalue weighted by molar-refractivity contribution is 8.00. The Morgan fingerprint density at radius 1 is 1.00 bits per heavy atom. The van der Waals surface area contributed by atoms with E-state index in [4.69, 9.17) is 21.1 Å². The third-order valence-corrected chi connectivity index (χ3v) is 9.55. The zero-order valence-electron chi connectivity index (χ0n) is 21.5. The molecule has 41 heavy (non-hydrogen) atoms. The van der Waals surface area contributed by atoms with Gasteiger partial charge in [0, 0.05) is 27.1 Å². The maximum atomic E-state index is 14.0. The predicted molar refractivity (Wildman–Crippen MR) is 157 cm³/mol. The first-order chi connectivity index (χ1) is 19.8. The fourth-order valence-corrected chi connectivity index (χ4v) is 7.71. The number of benzene rings is 3. The first-order valence-corrected chi connectivity index (χ1v) is 14.6. The smallest absolute Gasteiger partial charge is 0.305 e. The number of nitrogens with one attached hydrogen (secondary N) is 2. The zero-order chi connectivity index (χ0) is 28.7. The van der Waals surface area contributed by atoms with Crippen LogP contribution in [0.25, 0.3) is 0 Å². The summed E-state index contributed by atoms with van der Waals surface area (Å²) in [6, 6.07) is 20.5. The van der Waals surface area contributed by atoms with Crippen LogP contribution in [-0.2, 0) is 14.4 Å². The third-order valence-electron chi connectivity index (χ3n) is 6.90. The van der Waals surface area contributed by atoms with Gasteiger partial charge in [0.15, 0.2) is 6.61 Å². The van der Waals surface area contributed by atoms with Crippen molar-refractivity contribution in [3.63, 3.8) is 0 Å². The first kappa shape index (κ1) is 27.1. The highest BCUT2D eigenvalue weighted by Gasteiger charge is 2.56. The van der Waals surface area contributed by atoms with Crippen LogP contribution in [0.15, 0.2) is 82.6 Å². The Balaban J connectivity index is 1.33. The number of aromatic nitrogens is 1. The molecule has 9 nitrogen and oxygen atoms in total. The number of fused-ring (bicyclic) bond motifs is 2. The molecule has 2 N–H and O–H groups in total. The molecule has 4 aromatic rings. The second-order valence-corrected chi connectivity index (χ2v) is 11.9. The summed E-state index contributed by atoms with van der Waals surface area (Å²) in [7, 11) is 1.54. The summed E-state index contributed by atoms with van der Waals surface area (Å²) >= 11 is 8.12. The number of H-pyrrole nitrogens is 1. The number of thiazole rings is 1. The van der Waals surface area contributed by atoms with E-state index in [1.54, 1.807) is 72.8 Å². The minimum absolute atomic E-state index is 0.278. The van der Waals surface area contributed by atoms with E-state index in [9.17, 15) is 19.2 Å². The van der Waals surface area contributed by atoms with Gasteiger partial charge in [-0.25, -0.2) is 4.90 Å². The normalized spacial score (nSPS) is 19.5. The van der Waals surface area contributed by atoms with Crippen LogP contribution in [0.1, 0.15) is 16.4 Å². The van der Waals surface area contributed by atoms with Crippen LogP contribution >= 0.6 is 34.7 Å². The van der Waals surface area contributed by atoms with Crippen molar-refractivity contribution in [3.8, 4) is 11.5 Å². The molecule has 0 spiro atoms. The minimum Gasteiger partial charge on any atom is -0.497 e. The molecular formula is C29H22ClN3O6S2. The number of hydrogen-bond acceptors (Lipinski definition) is 8. The van der Waals surface area contributed by atoms with Crippen LogP contribution in [0.2, 0.25) is 5.02 Å². The van der Waals surface area contributed by atoms with E-state index >= 15 is 0 Å². The van der Waals surface area contributed by atoms with Crippen LogP contribution in [0.3, 0.4) is 0 Å². The molecule has 1 aromatic heterocycles. The summed E-state index contributed by atoms with van der Waals surface area (Å²) < 4.78 is 11.2. The monoisotopic (exact) mass is 607 g/mol. The van der Waals surface area contributed by atoms with Crippen LogP contribution in [0.4, 0.5) is 11.4 Å². The number of anilines is 2. The molecule has 1 fully saturated rings. The number of aromatic amines is 1. The summed E-state index contributed by atoms with van der Waals surface area (Å²) in [5, 5.41) is 3.10. The topological polar surface area (TPSA) is 118 Å². The zero-order valence-corrected chi connectivity index (χ0v) is 23.8. The van der Waals surface area contributed by atoms with E-state index in [-0.39, 0.29) is 29.2 Å². The standard InChI is InChI=1S/C29H22ClN3O6S2/c1-38-18-12-10-17(11-13-18)33-27(35)23-22(24-26(32-29(37)41-24)40-25(23)28(33)36)19-4-2-3-5-20(19)39-14-21(34)31-16-8-6-15(30)7-9-16/h2-13,22-23,25H,14H2,1H3,(H,31,34)(H,32,37)/t22-,23?,25?/m1/s1. The molecule has 0 bridgehead atoms. The Morgan fingerprint density at radius 3 is 2.46 bits per heavy atom. The Hall–Kier alpha value is -4.06. The van der Waals surface area contributed by atoms with Gasteiger partial charge < -0.3 is 19.8 Å². The third kappa shape index (κ3) is 5.12. The molecular weight excluding hydrogens is 586 g/mol. The number of carbonyl (C=O) groups is 3. The van der Waals surface area contributed by atoms with Crippen molar-refractivity contribution in [2.24, 2.45) is 5.92 Å². The van der Waals surface area contributed by atoms with Crippen LogP contribution in [-0.4, -0.2) is 41.7 Å². The molecule has 2 aliphatic heterocycles. The molecule has 2 unspecified atom stereocenters. The van der Waals surface area contributed by atoms with Crippen molar-refractivity contribution in [2.45, 2.75) is 16.2 Å². The number of rotatable bonds is 7. The van der Waals surface area contributed by atoms with Crippen LogP contribution < -0.4 is 24.6 Å². The van der Waals surface area contributed by atoms with E-state index in [1.165, 1.54) is 23.8 Å². The number of imide groups is 1. The lowest BCUT2D eigenvalue weighted by atomic mass is 9.82. The molecule has 0 aliphatic carbocycles. The summed E-state index contributed by atoms with van der Waals surface area (Å²) in [5.74, 6) is -1.57. The quantitative estimate of drug-likeness (QED) is 0.287. The predicted octanol–water partition coefficient (Wildman–Crippen LogP) is 4.91. The van der Waals surface area contributed by atoms with Crippen LogP contribution in [0, 0.1) is 5.92 Å². The van der Waals surface area contributed by atoms with Crippen molar-refractivity contribution in [1.82, 2.24) is 4.98 Å². The van der Waals surface area contributed by atoms with E-state index < -0.39 is 17.1 Å². The van der Waals surface area contributed by atoms with E-state index in [2.05, 4.69) is 10.3 Å². The molecule has 2 aliphatic rings. The highest BCUT2D eigenvalue weighted by atomic mass is 35.5. The van der Waals surface area contributed by atoms with Crippen molar-refractivity contribution >= 4 is 63.8 Å². The number of ether oxygens (including phenoxy) is 2. The Kier molecular flexibility index (Phi) is 7.33. The maximum Gasteiger partial charge on any atom is 0.305 e. The molecule has 6 rings (SSSR count). The van der Waals surface area contributed by atoms with E-state index in [0.717, 1.165) is 11.3 Å². The number of halogens is 1. The van der Waals surface area contributed by atoms with Gasteiger partial charge in [0.25, 0.3) is 5.91 Å². The average molecular weight is 608 g/mol. The molecule has 3 atom stereocenters. The number of carbonyl (C=O) groups excluding carboxylic acids is 3. The molecule has 3 heterocycles. The van der Waals surface area contributed by atoms with Gasteiger partial charge in [0.1, 0.15) is 16.7 Å². The molecule has 0 radical (unpaired) electrons. The lowest BCUT2D eigenvalue weighted by molar-refractivity contribution is -0.122. The van der Waals surface area contributed by atoms with E-state index in [0.29, 0.717) is 43.4 Å². The number of amides is 3. The largest absolute Gasteiger partial charge is 0.497 e. The number of hydrogen-bond donors (Lipinski definition) is 2. The Bertz CT molecular complexity index is 1700. The lowest BCUT2D eigenvalue weighted by Gasteiger charge is -2.30. The number of methoxy groups -OCH3 is 1. The van der Waals surface area contributed by atoms with Gasteiger partial charge in [-0.1, -0.05) is 52.9 Å². The summed E-state index contributed by atoms with van der Waals surface area (Å²) in [4.78, 5) is 57.1. The van der Waals surface area contributed by atoms with Gasteiger partial charge in [-0.2, -0.15) is 0 Å². The minimum atomic E-state index is -0.791. The Morgan fingerprint density at radius 2 is 1.73 bits per heavy atom. The fraction of sp³-hybridized carbons (Fsp3) is 0.172. The van der Waals surface area contributed by atoms with Crippen molar-refractivity contribution in [3.05, 3.63) is 97.9 Å². The molecule has 1 saturated heterocycles. The van der Waals surface area contributed by atoms with Crippen molar-refractivity contribution < 1.29 is 23.9 Å².